The minimum atomic E-state index is -0.914. The number of nitrogen functional groups attached to an aromatic ring is 1. The standard InChI is InChI=1S/C11H14FNO2S/c1-2-3-10(11(14)15)16-9-5-4-7(13)6-8(9)12/h4-6,10H,2-3,13H2,1H3,(H,14,15). The fourth-order valence-electron chi connectivity index (χ4n) is 1.26. The van der Waals surface area contributed by atoms with Crippen LogP contribution in [0.15, 0.2) is 23.1 Å². The Kier molecular flexibility index (Phi) is 4.61. The summed E-state index contributed by atoms with van der Waals surface area (Å²) >= 11 is 1.03. The van der Waals surface area contributed by atoms with Crippen molar-refractivity contribution < 1.29 is 14.3 Å². The zero-order valence-electron chi connectivity index (χ0n) is 8.94. The van der Waals surface area contributed by atoms with Crippen LogP contribution in [0.3, 0.4) is 0 Å². The SMILES string of the molecule is CCCC(Sc1ccc(N)cc1F)C(=O)O. The number of carboxylic acids is 1. The second-order valence-corrected chi connectivity index (χ2v) is 4.67. The molecule has 0 aliphatic rings. The maximum absolute atomic E-state index is 13.4. The highest BCUT2D eigenvalue weighted by molar-refractivity contribution is 8.00. The molecule has 3 N–H and O–H groups in total. The number of hydrogen-bond donors (Lipinski definition) is 2. The Bertz CT molecular complexity index is 384. The van der Waals surface area contributed by atoms with E-state index < -0.39 is 17.0 Å². The maximum atomic E-state index is 13.4. The van der Waals surface area contributed by atoms with Crippen LogP contribution in [0.1, 0.15) is 19.8 Å². The minimum absolute atomic E-state index is 0.329. The van der Waals surface area contributed by atoms with Gasteiger partial charge >= 0.3 is 5.97 Å². The number of nitrogens with two attached hydrogens (primary N) is 1. The molecule has 1 rings (SSSR count). The first-order valence-electron chi connectivity index (χ1n) is 4.99. The molecule has 0 fully saturated rings. The van der Waals surface area contributed by atoms with Crippen LogP contribution >= 0.6 is 11.8 Å². The van der Waals surface area contributed by atoms with Gasteiger partial charge in [0.25, 0.3) is 0 Å². The monoisotopic (exact) mass is 243 g/mol. The van der Waals surface area contributed by atoms with E-state index in [-0.39, 0.29) is 0 Å². The van der Waals surface area contributed by atoms with Gasteiger partial charge in [-0.1, -0.05) is 13.3 Å². The number of carboxylic acid groups (broad SMARTS) is 1. The summed E-state index contributed by atoms with van der Waals surface area (Å²) in [5.74, 6) is -1.38. The van der Waals surface area contributed by atoms with Gasteiger partial charge in [-0.25, -0.2) is 4.39 Å². The lowest BCUT2D eigenvalue weighted by Crippen LogP contribution is -2.15. The molecule has 5 heteroatoms. The van der Waals surface area contributed by atoms with Crippen LogP contribution in [0.25, 0.3) is 0 Å². The van der Waals surface area contributed by atoms with Crippen LogP contribution in [-0.2, 0) is 4.79 Å². The molecule has 1 atom stereocenters. The highest BCUT2D eigenvalue weighted by atomic mass is 32.2. The van der Waals surface area contributed by atoms with Gasteiger partial charge < -0.3 is 10.8 Å². The van der Waals surface area contributed by atoms with Gasteiger partial charge in [-0.15, -0.1) is 11.8 Å². The van der Waals surface area contributed by atoms with Crippen molar-refractivity contribution in [1.82, 2.24) is 0 Å². The average Bonchev–Trinajstić information content (AvgIpc) is 2.20. The van der Waals surface area contributed by atoms with Gasteiger partial charge in [-0.2, -0.15) is 0 Å². The van der Waals surface area contributed by atoms with Crippen molar-refractivity contribution in [1.29, 1.82) is 0 Å². The fraction of sp³-hybridized carbons (Fsp3) is 0.364. The molecule has 0 aliphatic heterocycles. The van der Waals surface area contributed by atoms with Crippen molar-refractivity contribution in [2.75, 3.05) is 5.73 Å². The molecule has 0 aromatic heterocycles. The van der Waals surface area contributed by atoms with E-state index in [2.05, 4.69) is 0 Å². The van der Waals surface area contributed by atoms with Gasteiger partial charge in [-0.3, -0.25) is 4.79 Å². The first-order chi connectivity index (χ1) is 7.54. The molecule has 88 valence electrons. The van der Waals surface area contributed by atoms with E-state index >= 15 is 0 Å². The lowest BCUT2D eigenvalue weighted by molar-refractivity contribution is -0.136. The Balaban J connectivity index is 2.81. The molecule has 0 spiro atoms. The third kappa shape index (κ3) is 3.41. The number of rotatable bonds is 5. The van der Waals surface area contributed by atoms with E-state index in [1.165, 1.54) is 12.1 Å². The summed E-state index contributed by atoms with van der Waals surface area (Å²) in [6.07, 6.45) is 1.27. The molecule has 0 amide bonds. The highest BCUT2D eigenvalue weighted by Gasteiger charge is 2.19. The summed E-state index contributed by atoms with van der Waals surface area (Å²) in [4.78, 5) is 11.2. The van der Waals surface area contributed by atoms with Crippen molar-refractivity contribution in [3.8, 4) is 0 Å². The number of halogens is 1. The summed E-state index contributed by atoms with van der Waals surface area (Å²) in [6, 6.07) is 4.28. The Morgan fingerprint density at radius 1 is 1.62 bits per heavy atom. The molecule has 1 aromatic rings. The molecular weight excluding hydrogens is 229 g/mol. The van der Waals surface area contributed by atoms with Gasteiger partial charge in [0.15, 0.2) is 0 Å². The van der Waals surface area contributed by atoms with Crippen molar-refractivity contribution >= 4 is 23.4 Å². The van der Waals surface area contributed by atoms with Crippen LogP contribution in [0, 0.1) is 5.82 Å². The molecule has 0 saturated heterocycles. The largest absolute Gasteiger partial charge is 0.480 e. The van der Waals surface area contributed by atoms with E-state index in [1.807, 2.05) is 6.92 Å². The Morgan fingerprint density at radius 2 is 2.31 bits per heavy atom. The molecule has 1 aromatic carbocycles. The molecule has 0 radical (unpaired) electrons. The second-order valence-electron chi connectivity index (χ2n) is 3.42. The molecule has 16 heavy (non-hydrogen) atoms. The van der Waals surface area contributed by atoms with Crippen molar-refractivity contribution in [2.45, 2.75) is 29.9 Å². The van der Waals surface area contributed by atoms with Crippen molar-refractivity contribution in [3.63, 3.8) is 0 Å². The van der Waals surface area contributed by atoms with Crippen molar-refractivity contribution in [2.24, 2.45) is 0 Å². The topological polar surface area (TPSA) is 63.3 Å². The van der Waals surface area contributed by atoms with E-state index in [9.17, 15) is 9.18 Å². The Hall–Kier alpha value is -1.23. The van der Waals surface area contributed by atoms with E-state index in [1.54, 1.807) is 6.07 Å². The van der Waals surface area contributed by atoms with E-state index in [0.29, 0.717) is 17.0 Å². The lowest BCUT2D eigenvalue weighted by Gasteiger charge is -2.11. The summed E-state index contributed by atoms with van der Waals surface area (Å²) in [5.41, 5.74) is 5.75. The molecule has 0 aliphatic carbocycles. The number of thioether (sulfide) groups is 1. The molecule has 0 heterocycles. The van der Waals surface area contributed by atoms with E-state index in [4.69, 9.17) is 10.8 Å². The summed E-state index contributed by atoms with van der Waals surface area (Å²) in [5, 5.41) is 8.33. The van der Waals surface area contributed by atoms with Crippen LogP contribution in [0.2, 0.25) is 0 Å². The predicted molar refractivity (Wildman–Crippen MR) is 63.0 cm³/mol. The molecule has 1 unspecified atom stereocenters. The third-order valence-corrected chi connectivity index (χ3v) is 3.36. The van der Waals surface area contributed by atoms with Gasteiger partial charge in [0.2, 0.25) is 0 Å². The molecule has 3 nitrogen and oxygen atoms in total. The second kappa shape index (κ2) is 5.75. The summed E-state index contributed by atoms with van der Waals surface area (Å²) in [6.45, 7) is 1.90. The fourth-order valence-corrected chi connectivity index (χ4v) is 2.34. The number of carbonyl (C=O) groups is 1. The normalized spacial score (nSPS) is 12.4. The zero-order chi connectivity index (χ0) is 12.1. The van der Waals surface area contributed by atoms with Crippen LogP contribution in [-0.4, -0.2) is 16.3 Å². The summed E-state index contributed by atoms with van der Waals surface area (Å²) < 4.78 is 13.4. The van der Waals surface area contributed by atoms with Gasteiger partial charge in [0.1, 0.15) is 11.1 Å². The number of aliphatic carboxylic acids is 1. The molecule has 0 saturated carbocycles. The maximum Gasteiger partial charge on any atom is 0.316 e. The van der Waals surface area contributed by atoms with Gasteiger partial charge in [-0.05, 0) is 24.6 Å². The van der Waals surface area contributed by atoms with Gasteiger partial charge in [0, 0.05) is 10.6 Å². The quantitative estimate of drug-likeness (QED) is 0.616. The lowest BCUT2D eigenvalue weighted by atomic mass is 10.2. The first-order valence-corrected chi connectivity index (χ1v) is 5.87. The molecular formula is C11H14FNO2S. The Labute approximate surface area is 97.8 Å². The average molecular weight is 243 g/mol. The van der Waals surface area contributed by atoms with Crippen LogP contribution in [0.4, 0.5) is 10.1 Å². The number of hydrogen-bond acceptors (Lipinski definition) is 3. The first kappa shape index (κ1) is 12.8. The third-order valence-electron chi connectivity index (χ3n) is 2.05. The Morgan fingerprint density at radius 3 is 2.81 bits per heavy atom. The van der Waals surface area contributed by atoms with Crippen molar-refractivity contribution in [3.05, 3.63) is 24.0 Å². The number of benzene rings is 1. The highest BCUT2D eigenvalue weighted by Crippen LogP contribution is 2.29. The van der Waals surface area contributed by atoms with Crippen LogP contribution < -0.4 is 5.73 Å². The smallest absolute Gasteiger partial charge is 0.316 e. The zero-order valence-corrected chi connectivity index (χ0v) is 9.76. The number of anilines is 1. The van der Waals surface area contributed by atoms with Crippen LogP contribution in [0.5, 0.6) is 0 Å². The minimum Gasteiger partial charge on any atom is -0.480 e. The molecule has 0 bridgehead atoms. The van der Waals surface area contributed by atoms with E-state index in [0.717, 1.165) is 18.2 Å². The predicted octanol–water partition coefficient (Wildman–Crippen LogP) is 2.75. The van der Waals surface area contributed by atoms with Gasteiger partial charge in [0.05, 0.1) is 0 Å². The summed E-state index contributed by atoms with van der Waals surface area (Å²) in [7, 11) is 0.